The summed E-state index contributed by atoms with van der Waals surface area (Å²) in [6, 6.07) is 17.3. The molecule has 2 aromatic rings. The fourth-order valence-electron chi connectivity index (χ4n) is 2.95. The molecule has 122 valence electrons. The predicted molar refractivity (Wildman–Crippen MR) is 87.9 cm³/mol. The summed E-state index contributed by atoms with van der Waals surface area (Å²) in [5.74, 6) is -0.187. The Morgan fingerprint density at radius 2 is 1.57 bits per heavy atom. The zero-order chi connectivity index (χ0) is 15.2. The smallest absolute Gasteiger partial charge is 0.281 e. The number of rotatable bonds is 2. The SMILES string of the molecule is O=C(OC1CC2=C(CC=CC2)C1)[c-]1cccc1.[Fe].c1cc[cH-]c1. The van der Waals surface area contributed by atoms with E-state index in [9.17, 15) is 4.79 Å². The van der Waals surface area contributed by atoms with E-state index in [1.807, 2.05) is 42.5 Å². The molecule has 2 aliphatic rings. The van der Waals surface area contributed by atoms with Crippen molar-refractivity contribution >= 4 is 5.97 Å². The number of hydrogen-bond donors (Lipinski definition) is 0. The standard InChI is InChI=1S/C15H15O2.C5H5.Fe/c16-15(11-5-1-2-6-11)17-14-9-12-7-3-4-8-13(12)10-14;1-2-4-5-3-1;/h1-6,14H,7-10H2;1-5H;/q2*-1;. The number of carbonyl (C=O) groups is 1. The van der Waals surface area contributed by atoms with Crippen LogP contribution >= 0.6 is 0 Å². The van der Waals surface area contributed by atoms with Gasteiger partial charge in [0, 0.05) is 29.9 Å². The molecule has 0 bridgehead atoms. The summed E-state index contributed by atoms with van der Waals surface area (Å²) in [4.78, 5) is 11.8. The van der Waals surface area contributed by atoms with Gasteiger partial charge in [0.25, 0.3) is 5.97 Å². The molecule has 0 heterocycles. The Balaban J connectivity index is 0.000000276. The molecule has 0 spiro atoms. The van der Waals surface area contributed by atoms with Gasteiger partial charge in [-0.2, -0.15) is 30.3 Å². The maximum absolute atomic E-state index is 11.8. The first-order valence-electron chi connectivity index (χ1n) is 7.77. The number of esters is 1. The van der Waals surface area contributed by atoms with E-state index >= 15 is 0 Å². The average Bonchev–Trinajstić information content (AvgIpc) is 3.28. The number of hydrogen-bond acceptors (Lipinski definition) is 2. The molecule has 0 unspecified atom stereocenters. The van der Waals surface area contributed by atoms with Gasteiger partial charge in [0.1, 0.15) is 6.10 Å². The van der Waals surface area contributed by atoms with Crippen molar-refractivity contribution in [2.24, 2.45) is 0 Å². The van der Waals surface area contributed by atoms with E-state index in [2.05, 4.69) is 12.2 Å². The van der Waals surface area contributed by atoms with Gasteiger partial charge in [-0.1, -0.05) is 28.9 Å². The summed E-state index contributed by atoms with van der Waals surface area (Å²) < 4.78 is 5.54. The van der Waals surface area contributed by atoms with Gasteiger partial charge in [0.15, 0.2) is 0 Å². The molecule has 0 aromatic heterocycles. The molecule has 3 heteroatoms. The first-order chi connectivity index (χ1) is 10.8. The Morgan fingerprint density at radius 1 is 1.00 bits per heavy atom. The molecule has 0 radical (unpaired) electrons. The summed E-state index contributed by atoms with van der Waals surface area (Å²) in [7, 11) is 0. The molecule has 0 amide bonds. The molecule has 2 aromatic carbocycles. The molecule has 0 atom stereocenters. The number of ether oxygens (including phenoxy) is 1. The number of allylic oxidation sites excluding steroid dienone is 2. The van der Waals surface area contributed by atoms with Gasteiger partial charge in [-0.15, -0.1) is 0 Å². The summed E-state index contributed by atoms with van der Waals surface area (Å²) >= 11 is 0. The number of carbonyl (C=O) groups excluding carboxylic acids is 1. The third-order valence-electron chi connectivity index (χ3n) is 4.07. The molecule has 0 saturated carbocycles. The van der Waals surface area contributed by atoms with Gasteiger partial charge in [-0.25, -0.2) is 24.3 Å². The second-order valence-corrected chi connectivity index (χ2v) is 5.66. The molecular formula is C20H20FeO2-2. The summed E-state index contributed by atoms with van der Waals surface area (Å²) in [5, 5.41) is 0. The summed E-state index contributed by atoms with van der Waals surface area (Å²) in [6.07, 6.45) is 8.40. The third kappa shape index (κ3) is 4.82. The van der Waals surface area contributed by atoms with Crippen molar-refractivity contribution in [3.63, 3.8) is 0 Å². The monoisotopic (exact) mass is 348 g/mol. The molecule has 0 fully saturated rings. The normalized spacial score (nSPS) is 16.2. The molecule has 0 saturated heterocycles. The van der Waals surface area contributed by atoms with Crippen LogP contribution in [0.1, 0.15) is 36.0 Å². The Labute approximate surface area is 148 Å². The van der Waals surface area contributed by atoms with Crippen LogP contribution in [-0.2, 0) is 21.8 Å². The molecule has 2 nitrogen and oxygen atoms in total. The molecule has 4 rings (SSSR count). The van der Waals surface area contributed by atoms with Gasteiger partial charge in [-0.05, 0) is 12.8 Å². The van der Waals surface area contributed by atoms with E-state index < -0.39 is 0 Å². The van der Waals surface area contributed by atoms with Crippen molar-refractivity contribution in [2.45, 2.75) is 31.8 Å². The molecular weight excluding hydrogens is 328 g/mol. The maximum atomic E-state index is 11.8. The minimum absolute atomic E-state index is 0. The minimum atomic E-state index is -0.187. The summed E-state index contributed by atoms with van der Waals surface area (Å²) in [5.41, 5.74) is 3.62. The largest absolute Gasteiger partial charge is 0.467 e. The second-order valence-electron chi connectivity index (χ2n) is 5.66. The molecule has 2 aliphatic carbocycles. The second kappa shape index (κ2) is 8.71. The van der Waals surface area contributed by atoms with Crippen molar-refractivity contribution < 1.29 is 26.6 Å². The van der Waals surface area contributed by atoms with E-state index in [4.69, 9.17) is 4.74 Å². The maximum Gasteiger partial charge on any atom is 0.281 e. The Bertz CT molecular complexity index is 611. The fraction of sp³-hybridized carbons (Fsp3) is 0.250. The molecule has 23 heavy (non-hydrogen) atoms. The third-order valence-corrected chi connectivity index (χ3v) is 4.07. The van der Waals surface area contributed by atoms with Crippen LogP contribution in [0.2, 0.25) is 0 Å². The van der Waals surface area contributed by atoms with E-state index in [1.54, 1.807) is 12.1 Å². The van der Waals surface area contributed by atoms with E-state index in [0.29, 0.717) is 5.56 Å². The molecule has 0 N–H and O–H groups in total. The van der Waals surface area contributed by atoms with Gasteiger partial charge in [-0.3, -0.25) is 4.79 Å². The van der Waals surface area contributed by atoms with Crippen LogP contribution in [0.3, 0.4) is 0 Å². The first kappa shape index (κ1) is 17.5. The van der Waals surface area contributed by atoms with Gasteiger partial charge in [0.2, 0.25) is 0 Å². The van der Waals surface area contributed by atoms with Gasteiger partial charge in [0.05, 0.1) is 0 Å². The van der Waals surface area contributed by atoms with Crippen molar-refractivity contribution in [3.8, 4) is 0 Å². The zero-order valence-electron chi connectivity index (χ0n) is 12.9. The fourth-order valence-corrected chi connectivity index (χ4v) is 2.95. The van der Waals surface area contributed by atoms with Crippen LogP contribution in [0.5, 0.6) is 0 Å². The quantitative estimate of drug-likeness (QED) is 0.338. The van der Waals surface area contributed by atoms with E-state index in [1.165, 1.54) is 11.1 Å². The van der Waals surface area contributed by atoms with Crippen LogP contribution in [0, 0.1) is 0 Å². The topological polar surface area (TPSA) is 26.3 Å². The van der Waals surface area contributed by atoms with Crippen LogP contribution < -0.4 is 0 Å². The zero-order valence-corrected chi connectivity index (χ0v) is 14.0. The van der Waals surface area contributed by atoms with Crippen molar-refractivity contribution in [1.29, 1.82) is 0 Å². The van der Waals surface area contributed by atoms with E-state index in [0.717, 1.165) is 25.7 Å². The minimum Gasteiger partial charge on any atom is -0.467 e. The van der Waals surface area contributed by atoms with Crippen LogP contribution in [0.25, 0.3) is 0 Å². The Kier molecular flexibility index (Phi) is 6.64. The van der Waals surface area contributed by atoms with Crippen molar-refractivity contribution in [1.82, 2.24) is 0 Å². The van der Waals surface area contributed by atoms with Crippen LogP contribution in [0.15, 0.2) is 77.9 Å². The first-order valence-corrected chi connectivity index (χ1v) is 7.77. The predicted octanol–water partition coefficient (Wildman–Crippen LogP) is 4.77. The van der Waals surface area contributed by atoms with Gasteiger partial charge < -0.3 is 4.74 Å². The molecule has 0 aliphatic heterocycles. The van der Waals surface area contributed by atoms with Crippen LogP contribution in [0.4, 0.5) is 0 Å². The van der Waals surface area contributed by atoms with E-state index in [-0.39, 0.29) is 29.1 Å². The van der Waals surface area contributed by atoms with Crippen molar-refractivity contribution in [3.05, 3.63) is 83.5 Å². The van der Waals surface area contributed by atoms with Crippen molar-refractivity contribution in [2.75, 3.05) is 0 Å². The summed E-state index contributed by atoms with van der Waals surface area (Å²) in [6.45, 7) is 0. The average molecular weight is 348 g/mol. The van der Waals surface area contributed by atoms with Gasteiger partial charge >= 0.3 is 0 Å². The Morgan fingerprint density at radius 3 is 2.04 bits per heavy atom. The van der Waals surface area contributed by atoms with Crippen LogP contribution in [-0.4, -0.2) is 12.1 Å². The Hall–Kier alpha value is -1.83.